The van der Waals surface area contributed by atoms with Gasteiger partial charge < -0.3 is 9.88 Å². The van der Waals surface area contributed by atoms with Crippen molar-refractivity contribution in [2.24, 2.45) is 0 Å². The van der Waals surface area contributed by atoms with Crippen LogP contribution in [0.25, 0.3) is 10.9 Å². The number of rotatable bonds is 7. The zero-order valence-electron chi connectivity index (χ0n) is 16.1. The second-order valence-corrected chi connectivity index (χ2v) is 7.15. The van der Waals surface area contributed by atoms with Crippen LogP contribution in [0.5, 0.6) is 0 Å². The highest BCUT2D eigenvalue weighted by Crippen LogP contribution is 2.23. The van der Waals surface area contributed by atoms with Crippen LogP contribution >= 0.6 is 0 Å². The summed E-state index contributed by atoms with van der Waals surface area (Å²) < 4.78 is 15.3. The number of aryl methyl sites for hydroxylation is 1. The Morgan fingerprint density at radius 1 is 0.897 bits per heavy atom. The lowest BCUT2D eigenvalue weighted by atomic mass is 10.1. The lowest BCUT2D eigenvalue weighted by Gasteiger charge is -2.05. The van der Waals surface area contributed by atoms with Crippen LogP contribution < -0.4 is 5.32 Å². The van der Waals surface area contributed by atoms with Crippen molar-refractivity contribution in [2.45, 2.75) is 19.4 Å². The third-order valence-corrected chi connectivity index (χ3v) is 5.08. The van der Waals surface area contributed by atoms with Crippen LogP contribution in [-0.2, 0) is 13.0 Å². The third-order valence-electron chi connectivity index (χ3n) is 5.08. The van der Waals surface area contributed by atoms with Gasteiger partial charge in [0, 0.05) is 35.8 Å². The van der Waals surface area contributed by atoms with Gasteiger partial charge >= 0.3 is 0 Å². The standard InChI is InChI=1S/C25H23FN2O/c26-22-14-12-20(13-15-22)25(29)27-16-6-9-21-18-28(17-19-7-2-1-3-8-19)24-11-5-4-10-23(21)24/h1-5,7-8,10-15,18H,6,9,16-17H2,(H,27,29). The number of hydrogen-bond acceptors (Lipinski definition) is 1. The summed E-state index contributed by atoms with van der Waals surface area (Å²) in [5.41, 5.74) is 4.26. The van der Waals surface area contributed by atoms with E-state index >= 15 is 0 Å². The van der Waals surface area contributed by atoms with Crippen molar-refractivity contribution in [3.8, 4) is 0 Å². The number of para-hydroxylation sites is 1. The minimum Gasteiger partial charge on any atom is -0.352 e. The monoisotopic (exact) mass is 386 g/mol. The van der Waals surface area contributed by atoms with Gasteiger partial charge in [-0.25, -0.2) is 4.39 Å². The average molecular weight is 386 g/mol. The summed E-state index contributed by atoms with van der Waals surface area (Å²) in [6.45, 7) is 1.41. The SMILES string of the molecule is O=C(NCCCc1cn(Cc2ccccc2)c2ccccc12)c1ccc(F)cc1. The maximum Gasteiger partial charge on any atom is 0.251 e. The van der Waals surface area contributed by atoms with Gasteiger partial charge in [0.1, 0.15) is 5.82 Å². The van der Waals surface area contributed by atoms with Crippen LogP contribution in [-0.4, -0.2) is 17.0 Å². The van der Waals surface area contributed by atoms with Gasteiger partial charge in [0.05, 0.1) is 0 Å². The smallest absolute Gasteiger partial charge is 0.251 e. The topological polar surface area (TPSA) is 34.0 Å². The molecule has 0 atom stereocenters. The first kappa shape index (κ1) is 18.9. The molecule has 1 aromatic heterocycles. The normalized spacial score (nSPS) is 10.9. The molecule has 29 heavy (non-hydrogen) atoms. The molecule has 3 aromatic carbocycles. The minimum absolute atomic E-state index is 0.170. The Morgan fingerprint density at radius 3 is 2.41 bits per heavy atom. The van der Waals surface area contributed by atoms with E-state index in [0.29, 0.717) is 12.1 Å². The summed E-state index contributed by atoms with van der Waals surface area (Å²) >= 11 is 0. The van der Waals surface area contributed by atoms with Gasteiger partial charge in [0.25, 0.3) is 5.91 Å². The second kappa shape index (κ2) is 8.74. The van der Waals surface area contributed by atoms with Crippen molar-refractivity contribution in [3.63, 3.8) is 0 Å². The molecular weight excluding hydrogens is 363 g/mol. The Balaban J connectivity index is 1.40. The highest BCUT2D eigenvalue weighted by atomic mass is 19.1. The first-order chi connectivity index (χ1) is 14.2. The number of halogens is 1. The molecule has 0 aliphatic carbocycles. The molecule has 1 amide bonds. The number of carbonyl (C=O) groups excluding carboxylic acids is 1. The van der Waals surface area contributed by atoms with E-state index < -0.39 is 0 Å². The first-order valence-corrected chi connectivity index (χ1v) is 9.85. The van der Waals surface area contributed by atoms with Gasteiger partial charge in [-0.15, -0.1) is 0 Å². The number of amides is 1. The number of hydrogen-bond donors (Lipinski definition) is 1. The average Bonchev–Trinajstić information content (AvgIpc) is 3.10. The van der Waals surface area contributed by atoms with Gasteiger partial charge in [0.2, 0.25) is 0 Å². The van der Waals surface area contributed by atoms with Crippen LogP contribution in [0.2, 0.25) is 0 Å². The van der Waals surface area contributed by atoms with Crippen LogP contribution in [0.4, 0.5) is 4.39 Å². The van der Waals surface area contributed by atoms with Crippen molar-refractivity contribution in [1.29, 1.82) is 0 Å². The van der Waals surface area contributed by atoms with Gasteiger partial charge in [-0.2, -0.15) is 0 Å². The number of aromatic nitrogens is 1. The van der Waals surface area contributed by atoms with Crippen molar-refractivity contribution < 1.29 is 9.18 Å². The van der Waals surface area contributed by atoms with E-state index in [0.717, 1.165) is 19.4 Å². The second-order valence-electron chi connectivity index (χ2n) is 7.15. The molecule has 4 heteroatoms. The molecule has 4 aromatic rings. The summed E-state index contributed by atoms with van der Waals surface area (Å²) in [7, 11) is 0. The fraction of sp³-hybridized carbons (Fsp3) is 0.160. The van der Waals surface area contributed by atoms with Gasteiger partial charge in [-0.05, 0) is 54.3 Å². The Morgan fingerprint density at radius 2 is 1.62 bits per heavy atom. The van der Waals surface area contributed by atoms with Crippen molar-refractivity contribution >= 4 is 16.8 Å². The zero-order chi connectivity index (χ0) is 20.1. The van der Waals surface area contributed by atoms with Gasteiger partial charge in [-0.1, -0.05) is 48.5 Å². The van der Waals surface area contributed by atoms with E-state index in [-0.39, 0.29) is 11.7 Å². The van der Waals surface area contributed by atoms with Crippen LogP contribution in [0.1, 0.15) is 27.9 Å². The van der Waals surface area contributed by atoms with E-state index in [1.165, 1.54) is 46.3 Å². The summed E-state index contributed by atoms with van der Waals surface area (Å²) in [5.74, 6) is -0.509. The van der Waals surface area contributed by atoms with Crippen molar-refractivity contribution in [1.82, 2.24) is 9.88 Å². The largest absolute Gasteiger partial charge is 0.352 e. The summed E-state index contributed by atoms with van der Waals surface area (Å²) in [6, 6.07) is 24.5. The third kappa shape index (κ3) is 4.54. The molecule has 0 radical (unpaired) electrons. The molecule has 0 unspecified atom stereocenters. The molecule has 0 aliphatic rings. The molecule has 0 fully saturated rings. The quantitative estimate of drug-likeness (QED) is 0.436. The van der Waals surface area contributed by atoms with E-state index in [1.807, 2.05) is 6.07 Å². The molecule has 0 aliphatic heterocycles. The Labute approximate surface area is 169 Å². The van der Waals surface area contributed by atoms with E-state index in [9.17, 15) is 9.18 Å². The molecule has 4 rings (SSSR count). The van der Waals surface area contributed by atoms with Gasteiger partial charge in [-0.3, -0.25) is 4.79 Å². The summed E-state index contributed by atoms with van der Waals surface area (Å²) in [4.78, 5) is 12.1. The molecule has 0 bridgehead atoms. The molecule has 1 heterocycles. The van der Waals surface area contributed by atoms with E-state index in [2.05, 4.69) is 64.6 Å². The maximum atomic E-state index is 13.0. The molecular formula is C25H23FN2O. The highest BCUT2D eigenvalue weighted by molar-refractivity contribution is 5.94. The van der Waals surface area contributed by atoms with Crippen LogP contribution in [0.15, 0.2) is 85.1 Å². The zero-order valence-corrected chi connectivity index (χ0v) is 16.1. The number of benzene rings is 3. The number of nitrogens with zero attached hydrogens (tertiary/aromatic N) is 1. The predicted octanol–water partition coefficient (Wildman–Crippen LogP) is 5.19. The fourth-order valence-electron chi connectivity index (χ4n) is 3.62. The van der Waals surface area contributed by atoms with Crippen molar-refractivity contribution in [2.75, 3.05) is 6.54 Å². The highest BCUT2D eigenvalue weighted by Gasteiger charge is 2.09. The summed E-state index contributed by atoms with van der Waals surface area (Å²) in [5, 5.41) is 4.17. The van der Waals surface area contributed by atoms with E-state index in [4.69, 9.17) is 0 Å². The van der Waals surface area contributed by atoms with Gasteiger partial charge in [0.15, 0.2) is 0 Å². The minimum atomic E-state index is -0.339. The number of fused-ring (bicyclic) bond motifs is 1. The van der Waals surface area contributed by atoms with Crippen LogP contribution in [0.3, 0.4) is 0 Å². The Hall–Kier alpha value is -3.40. The maximum absolute atomic E-state index is 13.0. The predicted molar refractivity (Wildman–Crippen MR) is 115 cm³/mol. The fourth-order valence-corrected chi connectivity index (χ4v) is 3.62. The number of nitrogens with one attached hydrogen (secondary N) is 1. The Bertz CT molecular complexity index is 1100. The van der Waals surface area contributed by atoms with Crippen LogP contribution in [0, 0.1) is 5.82 Å². The molecule has 0 saturated heterocycles. The molecule has 0 spiro atoms. The lowest BCUT2D eigenvalue weighted by Crippen LogP contribution is -2.24. The lowest BCUT2D eigenvalue weighted by molar-refractivity contribution is 0.0953. The Kier molecular flexibility index (Phi) is 5.71. The number of carbonyl (C=O) groups is 1. The first-order valence-electron chi connectivity index (χ1n) is 9.85. The van der Waals surface area contributed by atoms with E-state index in [1.54, 1.807) is 0 Å². The molecule has 3 nitrogen and oxygen atoms in total. The summed E-state index contributed by atoms with van der Waals surface area (Å²) in [6.07, 6.45) is 3.94. The van der Waals surface area contributed by atoms with Crippen molar-refractivity contribution in [3.05, 3.63) is 108 Å². The molecule has 1 N–H and O–H groups in total. The molecule has 0 saturated carbocycles. The molecule has 146 valence electrons.